The molecule has 1 aliphatic rings. The first-order chi connectivity index (χ1) is 11.7. The van der Waals surface area contributed by atoms with Crippen LogP contribution in [-0.4, -0.2) is 61.4 Å². The van der Waals surface area contributed by atoms with Gasteiger partial charge in [0.25, 0.3) is 0 Å². The zero-order valence-corrected chi connectivity index (χ0v) is 14.5. The van der Waals surface area contributed by atoms with Crippen LogP contribution in [0.25, 0.3) is 0 Å². The molecular formula is C17H26N6O. The number of aromatic nitrogens is 4. The van der Waals surface area contributed by atoms with Crippen molar-refractivity contribution in [2.75, 3.05) is 26.2 Å². The lowest BCUT2D eigenvalue weighted by atomic mass is 10.2. The van der Waals surface area contributed by atoms with Crippen molar-refractivity contribution in [1.29, 1.82) is 0 Å². The summed E-state index contributed by atoms with van der Waals surface area (Å²) in [5, 5.41) is 8.52. The highest BCUT2D eigenvalue weighted by Gasteiger charge is 2.24. The van der Waals surface area contributed by atoms with Gasteiger partial charge in [0, 0.05) is 63.4 Å². The highest BCUT2D eigenvalue weighted by Crippen LogP contribution is 2.13. The van der Waals surface area contributed by atoms with Gasteiger partial charge in [0.15, 0.2) is 0 Å². The molecule has 1 atom stereocenters. The molecule has 0 radical (unpaired) electrons. The fourth-order valence-corrected chi connectivity index (χ4v) is 3.16. The lowest BCUT2D eigenvalue weighted by Crippen LogP contribution is -2.39. The molecule has 3 heterocycles. The topological polar surface area (TPSA) is 59.2 Å². The maximum atomic E-state index is 12.7. The van der Waals surface area contributed by atoms with E-state index in [1.54, 1.807) is 10.9 Å². The zero-order chi connectivity index (χ0) is 16.9. The average Bonchev–Trinajstić information content (AvgIpc) is 3.23. The van der Waals surface area contributed by atoms with Gasteiger partial charge in [-0.2, -0.15) is 10.2 Å². The molecule has 0 saturated carbocycles. The lowest BCUT2D eigenvalue weighted by molar-refractivity contribution is -0.134. The summed E-state index contributed by atoms with van der Waals surface area (Å²) < 4.78 is 3.68. The van der Waals surface area contributed by atoms with Crippen LogP contribution >= 0.6 is 0 Å². The van der Waals surface area contributed by atoms with Gasteiger partial charge in [-0.25, -0.2) is 0 Å². The largest absolute Gasteiger partial charge is 0.340 e. The number of hydrogen-bond acceptors (Lipinski definition) is 4. The van der Waals surface area contributed by atoms with Gasteiger partial charge in [-0.3, -0.25) is 19.1 Å². The highest BCUT2D eigenvalue weighted by molar-refractivity contribution is 5.80. The number of hydrogen-bond donors (Lipinski definition) is 0. The van der Waals surface area contributed by atoms with Gasteiger partial charge in [0.05, 0.1) is 6.20 Å². The van der Waals surface area contributed by atoms with Crippen LogP contribution in [0.1, 0.15) is 31.9 Å². The Kier molecular flexibility index (Phi) is 5.30. The van der Waals surface area contributed by atoms with Crippen molar-refractivity contribution in [3.05, 3.63) is 36.4 Å². The van der Waals surface area contributed by atoms with E-state index in [0.717, 1.165) is 45.7 Å². The molecule has 0 aromatic carbocycles. The van der Waals surface area contributed by atoms with Crippen molar-refractivity contribution in [3.8, 4) is 0 Å². The third-order valence-corrected chi connectivity index (χ3v) is 4.60. The van der Waals surface area contributed by atoms with Gasteiger partial charge in [-0.05, 0) is 26.3 Å². The number of aryl methyl sites for hydroxylation is 1. The third kappa shape index (κ3) is 3.84. The van der Waals surface area contributed by atoms with Gasteiger partial charge in [0.2, 0.25) is 5.91 Å². The summed E-state index contributed by atoms with van der Waals surface area (Å²) in [6, 6.07) is 1.61. The van der Waals surface area contributed by atoms with Crippen LogP contribution in [0.2, 0.25) is 0 Å². The van der Waals surface area contributed by atoms with E-state index in [0.29, 0.717) is 0 Å². The summed E-state index contributed by atoms with van der Waals surface area (Å²) in [6.07, 6.45) is 8.60. The molecule has 1 amide bonds. The lowest BCUT2D eigenvalue weighted by Gasteiger charge is -2.24. The molecule has 0 N–H and O–H groups in total. The first kappa shape index (κ1) is 16.7. The molecule has 1 aliphatic heterocycles. The van der Waals surface area contributed by atoms with Crippen LogP contribution in [0, 0.1) is 0 Å². The first-order valence-corrected chi connectivity index (χ1v) is 8.69. The summed E-state index contributed by atoms with van der Waals surface area (Å²) in [6.45, 7) is 9.29. The Morgan fingerprint density at radius 1 is 1.25 bits per heavy atom. The molecule has 130 valence electrons. The highest BCUT2D eigenvalue weighted by atomic mass is 16.2. The Hall–Kier alpha value is -2.15. The number of carbonyl (C=O) groups is 1. The number of nitrogens with zero attached hydrogens (tertiary/aromatic N) is 6. The van der Waals surface area contributed by atoms with E-state index in [2.05, 4.69) is 28.2 Å². The van der Waals surface area contributed by atoms with Gasteiger partial charge in [-0.1, -0.05) is 0 Å². The van der Waals surface area contributed by atoms with E-state index in [1.165, 1.54) is 5.56 Å². The number of rotatable bonds is 5. The minimum absolute atomic E-state index is 0.152. The predicted molar refractivity (Wildman–Crippen MR) is 91.3 cm³/mol. The number of carbonyl (C=O) groups excluding carboxylic acids is 1. The van der Waals surface area contributed by atoms with E-state index in [1.807, 2.05) is 35.0 Å². The molecule has 1 saturated heterocycles. The monoisotopic (exact) mass is 330 g/mol. The van der Waals surface area contributed by atoms with Gasteiger partial charge >= 0.3 is 0 Å². The van der Waals surface area contributed by atoms with Gasteiger partial charge in [-0.15, -0.1) is 0 Å². The van der Waals surface area contributed by atoms with Crippen molar-refractivity contribution in [2.45, 2.75) is 39.4 Å². The van der Waals surface area contributed by atoms with Crippen molar-refractivity contribution >= 4 is 5.91 Å². The SMILES string of the molecule is CCn1cc(CN2CCCN(C(=O)[C@@H](C)n3cccn3)CC2)cn1. The summed E-state index contributed by atoms with van der Waals surface area (Å²) in [4.78, 5) is 17.1. The van der Waals surface area contributed by atoms with Crippen molar-refractivity contribution in [2.24, 2.45) is 0 Å². The fraction of sp³-hybridized carbons (Fsp3) is 0.588. The molecular weight excluding hydrogens is 304 g/mol. The summed E-state index contributed by atoms with van der Waals surface area (Å²) in [5.41, 5.74) is 1.24. The second-order valence-electron chi connectivity index (χ2n) is 6.32. The van der Waals surface area contributed by atoms with Crippen LogP contribution in [-0.2, 0) is 17.9 Å². The second kappa shape index (κ2) is 7.61. The molecule has 2 aromatic rings. The van der Waals surface area contributed by atoms with Crippen molar-refractivity contribution in [3.63, 3.8) is 0 Å². The molecule has 2 aromatic heterocycles. The van der Waals surface area contributed by atoms with Crippen LogP contribution < -0.4 is 0 Å². The van der Waals surface area contributed by atoms with E-state index in [4.69, 9.17) is 0 Å². The maximum Gasteiger partial charge on any atom is 0.247 e. The third-order valence-electron chi connectivity index (χ3n) is 4.60. The molecule has 1 fully saturated rings. The van der Waals surface area contributed by atoms with E-state index < -0.39 is 0 Å². The smallest absolute Gasteiger partial charge is 0.247 e. The Labute approximate surface area is 142 Å². The van der Waals surface area contributed by atoms with Gasteiger partial charge in [0.1, 0.15) is 6.04 Å². The van der Waals surface area contributed by atoms with E-state index in [9.17, 15) is 4.79 Å². The number of amides is 1. The minimum atomic E-state index is -0.241. The van der Waals surface area contributed by atoms with Gasteiger partial charge < -0.3 is 4.90 Å². The Bertz CT molecular complexity index is 650. The van der Waals surface area contributed by atoms with E-state index in [-0.39, 0.29) is 11.9 Å². The average molecular weight is 330 g/mol. The second-order valence-corrected chi connectivity index (χ2v) is 6.32. The summed E-state index contributed by atoms with van der Waals surface area (Å²) >= 11 is 0. The molecule has 7 heteroatoms. The Balaban J connectivity index is 1.55. The molecule has 0 aliphatic carbocycles. The fourth-order valence-electron chi connectivity index (χ4n) is 3.16. The molecule has 0 bridgehead atoms. The van der Waals surface area contributed by atoms with Crippen molar-refractivity contribution < 1.29 is 4.79 Å². The summed E-state index contributed by atoms with van der Waals surface area (Å²) in [7, 11) is 0. The molecule has 7 nitrogen and oxygen atoms in total. The molecule has 24 heavy (non-hydrogen) atoms. The molecule has 0 unspecified atom stereocenters. The normalized spacial score (nSPS) is 17.7. The van der Waals surface area contributed by atoms with Crippen LogP contribution in [0.3, 0.4) is 0 Å². The predicted octanol–water partition coefficient (Wildman–Crippen LogP) is 1.39. The van der Waals surface area contributed by atoms with Crippen LogP contribution in [0.5, 0.6) is 0 Å². The zero-order valence-electron chi connectivity index (χ0n) is 14.5. The Morgan fingerprint density at radius 3 is 2.83 bits per heavy atom. The quantitative estimate of drug-likeness (QED) is 0.831. The maximum absolute atomic E-state index is 12.7. The van der Waals surface area contributed by atoms with Crippen molar-refractivity contribution in [1.82, 2.24) is 29.4 Å². The summed E-state index contributed by atoms with van der Waals surface area (Å²) in [5.74, 6) is 0.152. The minimum Gasteiger partial charge on any atom is -0.340 e. The van der Waals surface area contributed by atoms with Crippen LogP contribution in [0.4, 0.5) is 0 Å². The first-order valence-electron chi connectivity index (χ1n) is 8.69. The van der Waals surface area contributed by atoms with E-state index >= 15 is 0 Å². The van der Waals surface area contributed by atoms with Crippen LogP contribution in [0.15, 0.2) is 30.9 Å². The molecule has 0 spiro atoms. The Morgan fingerprint density at radius 2 is 2.12 bits per heavy atom. The standard InChI is InChI=1S/C17H26N6O/c1-3-22-14-16(12-19-22)13-20-7-5-8-21(11-10-20)17(24)15(2)23-9-4-6-18-23/h4,6,9,12,14-15H,3,5,7-8,10-11,13H2,1-2H3/t15-/m1/s1. The molecule has 3 rings (SSSR count).